The molecule has 4 heterocycles. The van der Waals surface area contributed by atoms with Gasteiger partial charge in [0.05, 0.1) is 10.9 Å². The second-order valence-electron chi connectivity index (χ2n) is 15.6. The number of hydrogen-bond donors (Lipinski definition) is 0. The summed E-state index contributed by atoms with van der Waals surface area (Å²) in [6.07, 6.45) is 10.0. The molecular formula is C51H34N4S. The molecule has 1 spiro atoms. The first kappa shape index (κ1) is 31.8. The molecule has 2 aliphatic carbocycles. The van der Waals surface area contributed by atoms with Crippen molar-refractivity contribution in [3.63, 3.8) is 0 Å². The number of nitrogens with zero attached hydrogens (tertiary/aromatic N) is 4. The van der Waals surface area contributed by atoms with E-state index in [2.05, 4.69) is 168 Å². The van der Waals surface area contributed by atoms with Crippen LogP contribution >= 0.6 is 11.8 Å². The molecule has 0 saturated heterocycles. The Kier molecular flexibility index (Phi) is 6.51. The highest BCUT2D eigenvalue weighted by atomic mass is 32.2. The van der Waals surface area contributed by atoms with Crippen molar-refractivity contribution in [3.05, 3.63) is 203 Å². The fourth-order valence-corrected chi connectivity index (χ4v) is 11.2. The minimum Gasteiger partial charge on any atom is -0.262 e. The van der Waals surface area contributed by atoms with E-state index in [4.69, 9.17) is 4.98 Å². The minimum absolute atomic E-state index is 0.0937. The van der Waals surface area contributed by atoms with E-state index in [1.165, 1.54) is 71.0 Å². The number of rotatable bonds is 2. The van der Waals surface area contributed by atoms with Gasteiger partial charge in [0.2, 0.25) is 5.95 Å². The Hall–Kier alpha value is -6.56. The molecule has 0 saturated carbocycles. The highest BCUT2D eigenvalue weighted by molar-refractivity contribution is 7.99. The Morgan fingerprint density at radius 1 is 0.482 bits per heavy atom. The second kappa shape index (κ2) is 11.5. The van der Waals surface area contributed by atoms with E-state index in [9.17, 15) is 0 Å². The van der Waals surface area contributed by atoms with Gasteiger partial charge < -0.3 is 0 Å². The Morgan fingerprint density at radius 2 is 1.20 bits per heavy atom. The number of aromatic nitrogens is 4. The standard InChI is InChI=1S/C51H34N4S/c1-50(2)40-15-6-4-12-35(40)37-29-44-47(30-43(37)50)56-46-17-8-7-16-41(46)51(44)39-14-5-3-11-31(39)18-19-32-20-21-34(28-42(32)51)33-22-23-45-38(27-33)36-13-9-24-52-48(36)55(45)49-53-25-10-26-54-49/h3-30H,1-2H3. The smallest absolute Gasteiger partial charge is 0.235 e. The van der Waals surface area contributed by atoms with E-state index in [1.807, 2.05) is 30.1 Å². The van der Waals surface area contributed by atoms with Crippen LogP contribution in [0.1, 0.15) is 58.4 Å². The van der Waals surface area contributed by atoms with Crippen molar-refractivity contribution in [2.24, 2.45) is 0 Å². The molecule has 1 aliphatic heterocycles. The summed E-state index contributed by atoms with van der Waals surface area (Å²) in [6.45, 7) is 4.76. The molecule has 264 valence electrons. The molecule has 5 heteroatoms. The SMILES string of the molecule is CC1(C)c2ccccc2-c2cc3c(cc21)Sc1ccccc1C31c2ccccc2C=Cc2ccc(-c3ccc4c(c3)c3cccnc3n4-c3ncccn3)cc21. The first-order valence-corrected chi connectivity index (χ1v) is 20.0. The zero-order valence-corrected chi connectivity index (χ0v) is 31.7. The maximum atomic E-state index is 4.81. The fourth-order valence-electron chi connectivity index (χ4n) is 9.96. The zero-order valence-electron chi connectivity index (χ0n) is 30.9. The van der Waals surface area contributed by atoms with Gasteiger partial charge >= 0.3 is 0 Å². The Bertz CT molecular complexity index is 3160. The van der Waals surface area contributed by atoms with Gasteiger partial charge in [-0.25, -0.2) is 15.0 Å². The van der Waals surface area contributed by atoms with Crippen molar-refractivity contribution >= 4 is 45.9 Å². The summed E-state index contributed by atoms with van der Waals surface area (Å²) < 4.78 is 2.06. The van der Waals surface area contributed by atoms with Crippen molar-refractivity contribution in [2.45, 2.75) is 34.5 Å². The van der Waals surface area contributed by atoms with Crippen molar-refractivity contribution in [2.75, 3.05) is 0 Å². The van der Waals surface area contributed by atoms with Gasteiger partial charge in [-0.05, 0) is 121 Å². The second-order valence-corrected chi connectivity index (χ2v) is 16.7. The molecule has 1 atom stereocenters. The largest absolute Gasteiger partial charge is 0.262 e. The normalized spacial score (nSPS) is 16.8. The Labute approximate surface area is 329 Å². The zero-order chi connectivity index (χ0) is 37.2. The molecule has 12 rings (SSSR count). The molecule has 0 N–H and O–H groups in total. The average Bonchev–Trinajstić information content (AvgIpc) is 3.63. The highest BCUT2D eigenvalue weighted by Gasteiger charge is 2.48. The number of hydrogen-bond acceptors (Lipinski definition) is 4. The van der Waals surface area contributed by atoms with Gasteiger partial charge in [0.25, 0.3) is 0 Å². The van der Waals surface area contributed by atoms with Crippen LogP contribution in [0.25, 0.3) is 62.3 Å². The lowest BCUT2D eigenvalue weighted by atomic mass is 9.62. The topological polar surface area (TPSA) is 43.6 Å². The van der Waals surface area contributed by atoms with Crippen LogP contribution in [0.5, 0.6) is 0 Å². The van der Waals surface area contributed by atoms with E-state index in [0.717, 1.165) is 27.5 Å². The summed E-state index contributed by atoms with van der Waals surface area (Å²) in [4.78, 5) is 16.6. The molecular weight excluding hydrogens is 701 g/mol. The van der Waals surface area contributed by atoms with E-state index < -0.39 is 5.41 Å². The minimum atomic E-state index is -0.575. The van der Waals surface area contributed by atoms with E-state index >= 15 is 0 Å². The van der Waals surface area contributed by atoms with Crippen LogP contribution in [0, 0.1) is 0 Å². The highest BCUT2D eigenvalue weighted by Crippen LogP contribution is 2.61. The third-order valence-electron chi connectivity index (χ3n) is 12.5. The van der Waals surface area contributed by atoms with Gasteiger partial charge in [0.1, 0.15) is 5.65 Å². The fraction of sp³-hybridized carbons (Fsp3) is 0.0784. The summed E-state index contributed by atoms with van der Waals surface area (Å²) >= 11 is 1.92. The lowest BCUT2D eigenvalue weighted by Crippen LogP contribution is -2.35. The van der Waals surface area contributed by atoms with Gasteiger partial charge in [-0.3, -0.25) is 4.57 Å². The molecule has 0 fully saturated rings. The molecule has 3 aliphatic rings. The molecule has 9 aromatic rings. The molecule has 3 aromatic heterocycles. The van der Waals surface area contributed by atoms with Gasteiger partial charge in [0, 0.05) is 44.6 Å². The van der Waals surface area contributed by atoms with Crippen LogP contribution in [0.3, 0.4) is 0 Å². The molecule has 4 nitrogen and oxygen atoms in total. The summed E-state index contributed by atoms with van der Waals surface area (Å²) in [5, 5.41) is 2.19. The predicted molar refractivity (Wildman–Crippen MR) is 229 cm³/mol. The Morgan fingerprint density at radius 3 is 2.07 bits per heavy atom. The molecule has 0 radical (unpaired) electrons. The van der Waals surface area contributed by atoms with Crippen molar-refractivity contribution in [1.29, 1.82) is 0 Å². The lowest BCUT2D eigenvalue weighted by molar-refractivity contribution is 0.653. The van der Waals surface area contributed by atoms with E-state index in [1.54, 1.807) is 12.4 Å². The van der Waals surface area contributed by atoms with Crippen LogP contribution in [0.4, 0.5) is 0 Å². The molecule has 56 heavy (non-hydrogen) atoms. The third-order valence-corrected chi connectivity index (χ3v) is 13.6. The van der Waals surface area contributed by atoms with Crippen LogP contribution < -0.4 is 0 Å². The number of fused-ring (bicyclic) bond motifs is 14. The average molecular weight is 735 g/mol. The lowest BCUT2D eigenvalue weighted by Gasteiger charge is -2.43. The molecule has 6 aromatic carbocycles. The maximum absolute atomic E-state index is 4.81. The van der Waals surface area contributed by atoms with Gasteiger partial charge in [-0.15, -0.1) is 0 Å². The molecule has 1 unspecified atom stereocenters. The van der Waals surface area contributed by atoms with Crippen LogP contribution in [0.15, 0.2) is 168 Å². The number of benzene rings is 6. The predicted octanol–water partition coefficient (Wildman–Crippen LogP) is 12.3. The van der Waals surface area contributed by atoms with Gasteiger partial charge in [-0.2, -0.15) is 0 Å². The van der Waals surface area contributed by atoms with E-state index in [-0.39, 0.29) is 5.41 Å². The third kappa shape index (κ3) is 4.18. The van der Waals surface area contributed by atoms with Gasteiger partial charge in [-0.1, -0.05) is 123 Å². The summed E-state index contributed by atoms with van der Waals surface area (Å²) in [5.41, 5.74) is 16.7. The first-order valence-electron chi connectivity index (χ1n) is 19.2. The first-order chi connectivity index (χ1) is 27.5. The van der Waals surface area contributed by atoms with E-state index in [0.29, 0.717) is 5.95 Å². The summed E-state index contributed by atoms with van der Waals surface area (Å²) in [5.74, 6) is 0.612. The molecule has 0 bridgehead atoms. The van der Waals surface area contributed by atoms with Crippen LogP contribution in [0.2, 0.25) is 0 Å². The van der Waals surface area contributed by atoms with Crippen molar-refractivity contribution in [3.8, 4) is 28.2 Å². The maximum Gasteiger partial charge on any atom is 0.235 e. The van der Waals surface area contributed by atoms with Gasteiger partial charge in [0.15, 0.2) is 0 Å². The summed E-state index contributed by atoms with van der Waals surface area (Å²) in [7, 11) is 0. The molecule has 0 amide bonds. The summed E-state index contributed by atoms with van der Waals surface area (Å²) in [6, 6.07) is 52.0. The van der Waals surface area contributed by atoms with Crippen LogP contribution in [-0.2, 0) is 10.8 Å². The van der Waals surface area contributed by atoms with Crippen molar-refractivity contribution < 1.29 is 0 Å². The quantitative estimate of drug-likeness (QED) is 0.177. The van der Waals surface area contributed by atoms with Crippen LogP contribution in [-0.4, -0.2) is 19.5 Å². The monoisotopic (exact) mass is 734 g/mol. The Balaban J connectivity index is 1.15. The number of pyridine rings is 1. The van der Waals surface area contributed by atoms with Crippen molar-refractivity contribution in [1.82, 2.24) is 19.5 Å².